The highest BCUT2D eigenvalue weighted by molar-refractivity contribution is 6.13. The third-order valence-electron chi connectivity index (χ3n) is 18.7. The van der Waals surface area contributed by atoms with E-state index in [1.54, 1.807) is 0 Å². The molecule has 0 atom stereocenters. The van der Waals surface area contributed by atoms with E-state index in [1.807, 2.05) is 55.1 Å². The number of benzene rings is 10. The van der Waals surface area contributed by atoms with Gasteiger partial charge >= 0.3 is 0 Å². The highest BCUT2D eigenvalue weighted by Crippen LogP contribution is 2.58. The van der Waals surface area contributed by atoms with Gasteiger partial charge in [0.15, 0.2) is 0 Å². The molecule has 0 saturated heterocycles. The molecule has 18 rings (SSSR count). The molecular weight excluding hydrogens is 1070 g/mol. The number of hydrogen-bond donors (Lipinski definition) is 0. The lowest BCUT2D eigenvalue weighted by atomic mass is 9.73. The van der Waals surface area contributed by atoms with E-state index >= 15 is 0 Å². The van der Waals surface area contributed by atoms with E-state index in [9.17, 15) is 0 Å². The quantitative estimate of drug-likeness (QED) is 0.143. The Morgan fingerprint density at radius 2 is 0.632 bits per heavy atom. The van der Waals surface area contributed by atoms with Gasteiger partial charge in [-0.15, -0.1) is 0 Å². The molecule has 87 heavy (non-hydrogen) atoms. The maximum atomic E-state index is 7.59. The fourth-order valence-corrected chi connectivity index (χ4v) is 14.9. The van der Waals surface area contributed by atoms with Crippen LogP contribution in [0.1, 0.15) is 47.2 Å². The molecule has 6 aromatic heterocycles. The van der Waals surface area contributed by atoms with Crippen LogP contribution >= 0.6 is 0 Å². The van der Waals surface area contributed by atoms with Crippen LogP contribution in [0.25, 0.3) is 105 Å². The van der Waals surface area contributed by atoms with Gasteiger partial charge < -0.3 is 9.47 Å². The van der Waals surface area contributed by atoms with Crippen molar-refractivity contribution in [3.05, 3.63) is 307 Å². The second-order valence-electron chi connectivity index (χ2n) is 23.2. The van der Waals surface area contributed by atoms with Crippen molar-refractivity contribution in [3.8, 4) is 62.8 Å². The van der Waals surface area contributed by atoms with Crippen LogP contribution in [0.2, 0.25) is 0 Å². The first-order chi connectivity index (χ1) is 42.9. The zero-order valence-electron chi connectivity index (χ0n) is 47.4. The normalized spacial score (nSPS) is 13.6. The number of hydrogen-bond acceptors (Lipinski definition) is 6. The van der Waals surface area contributed by atoms with Gasteiger partial charge in [0.1, 0.15) is 34.6 Å². The van der Waals surface area contributed by atoms with E-state index in [4.69, 9.17) is 29.4 Å². The van der Waals surface area contributed by atoms with Crippen LogP contribution in [0.15, 0.2) is 274 Å². The minimum atomic E-state index is -0.668. The van der Waals surface area contributed by atoms with Crippen molar-refractivity contribution >= 4 is 65.4 Å². The first-order valence-electron chi connectivity index (χ1n) is 29.5. The Hall–Kier alpha value is -11.4. The minimum absolute atomic E-state index is 0.517. The van der Waals surface area contributed by atoms with Crippen molar-refractivity contribution in [1.82, 2.24) is 33.6 Å². The molecule has 0 amide bonds. The molecule has 0 fully saturated rings. The maximum Gasteiger partial charge on any atom is 0.234 e. The Morgan fingerprint density at radius 1 is 0.276 bits per heavy atom. The predicted octanol–water partition coefficient (Wildman–Crippen LogP) is 18.8. The second-order valence-corrected chi connectivity index (χ2v) is 23.2. The summed E-state index contributed by atoms with van der Waals surface area (Å²) in [6.07, 6.45) is 7.31. The molecule has 2 aliphatic carbocycles. The summed E-state index contributed by atoms with van der Waals surface area (Å²) < 4.78 is 21.8. The highest BCUT2D eigenvalue weighted by atomic mass is 16.5. The number of para-hydroxylation sites is 2. The average Bonchev–Trinajstić information content (AvgIpc) is 1.58. The van der Waals surface area contributed by atoms with E-state index in [1.165, 1.54) is 44.5 Å². The van der Waals surface area contributed by atoms with Crippen LogP contribution in [0.5, 0.6) is 23.0 Å². The van der Waals surface area contributed by atoms with E-state index in [-0.39, 0.29) is 0 Å². The van der Waals surface area contributed by atoms with Crippen LogP contribution in [0.3, 0.4) is 0 Å². The van der Waals surface area contributed by atoms with Crippen molar-refractivity contribution in [2.24, 2.45) is 0 Å². The summed E-state index contributed by atoms with van der Waals surface area (Å²) in [5.41, 5.74) is 16.2. The summed E-state index contributed by atoms with van der Waals surface area (Å²) in [6.45, 7) is 4.73. The molecule has 0 bridgehead atoms. The van der Waals surface area contributed by atoms with Crippen molar-refractivity contribution in [3.63, 3.8) is 0 Å². The summed E-state index contributed by atoms with van der Waals surface area (Å²) in [7, 11) is 0. The Balaban J connectivity index is 0.929. The average molecular weight is 1120 g/mol. The predicted molar refractivity (Wildman–Crippen MR) is 349 cm³/mol. The van der Waals surface area contributed by atoms with Gasteiger partial charge in [0.2, 0.25) is 5.95 Å². The van der Waals surface area contributed by atoms with Crippen molar-refractivity contribution in [2.45, 2.75) is 24.7 Å². The number of fused-ring (bicyclic) bond motifs is 15. The lowest BCUT2D eigenvalue weighted by Crippen LogP contribution is -2.23. The molecule has 2 aliphatic rings. The van der Waals surface area contributed by atoms with Crippen molar-refractivity contribution in [2.75, 3.05) is 0 Å². The van der Waals surface area contributed by atoms with Crippen LogP contribution in [-0.4, -0.2) is 33.6 Å². The molecule has 410 valence electrons. The molecule has 9 heteroatoms. The SMILES string of the molecule is CC1(c2cc3c4cc(C5(C)c6ccccc6-c6ccccc65)c(Oc5ccc6c7ccccc7n(-c7ccccn7)c6c5)cc4n(-c4ncccn4)c3cc2Oc2ccc3c4ccccc4n(-c4ccccn4)c3c2)c2ccccc2-c2ccccc21. The molecule has 0 spiro atoms. The van der Waals surface area contributed by atoms with Crippen LogP contribution in [-0.2, 0) is 10.8 Å². The third kappa shape index (κ3) is 7.02. The summed E-state index contributed by atoms with van der Waals surface area (Å²) in [4.78, 5) is 19.8. The van der Waals surface area contributed by atoms with E-state index in [0.29, 0.717) is 28.9 Å². The number of rotatable bonds is 9. The zero-order chi connectivity index (χ0) is 57.5. The van der Waals surface area contributed by atoms with Gasteiger partial charge in [-0.3, -0.25) is 13.7 Å². The van der Waals surface area contributed by atoms with Gasteiger partial charge in [-0.1, -0.05) is 146 Å². The number of aromatic nitrogens is 7. The molecule has 0 radical (unpaired) electrons. The van der Waals surface area contributed by atoms with Gasteiger partial charge in [0.05, 0.1) is 33.1 Å². The lowest BCUT2D eigenvalue weighted by molar-refractivity contribution is 0.468. The molecule has 0 unspecified atom stereocenters. The molecule has 9 nitrogen and oxygen atoms in total. The molecule has 0 saturated carbocycles. The van der Waals surface area contributed by atoms with Gasteiger partial charge in [0.25, 0.3) is 0 Å². The first-order valence-corrected chi connectivity index (χ1v) is 29.5. The van der Waals surface area contributed by atoms with Gasteiger partial charge in [-0.25, -0.2) is 19.9 Å². The second kappa shape index (κ2) is 18.5. The third-order valence-corrected chi connectivity index (χ3v) is 18.7. The Kier molecular flexibility index (Phi) is 10.5. The van der Waals surface area contributed by atoms with Crippen LogP contribution in [0, 0.1) is 0 Å². The summed E-state index contributed by atoms with van der Waals surface area (Å²) in [6, 6.07) is 88.5. The lowest BCUT2D eigenvalue weighted by Gasteiger charge is -2.31. The smallest absolute Gasteiger partial charge is 0.234 e. The van der Waals surface area contributed by atoms with Gasteiger partial charge in [-0.2, -0.15) is 0 Å². The van der Waals surface area contributed by atoms with E-state index < -0.39 is 10.8 Å². The van der Waals surface area contributed by atoms with Crippen molar-refractivity contribution in [1.29, 1.82) is 0 Å². The maximum absolute atomic E-state index is 7.59. The van der Waals surface area contributed by atoms with E-state index in [0.717, 1.165) is 88.2 Å². The molecule has 0 N–H and O–H groups in total. The standard InChI is InChI=1S/C78H51N7O2/c1-77(60-26-9-3-20-50(60)51-21-4-10-27-61(51)77)64-44-58-59-45-65(78(2)62-28-11-5-22-52(62)53-23-6-12-29-63(53)78)73(87-49-35-37-57-55-25-8-14-31-67(55)84(69(57)43-49)75-33-16-18-39-80-75)47-71(59)85(76-81-40-19-41-82-76)70(58)46-72(64)86-48-34-36-56-54-24-7-13-30-66(54)83(68(56)42-48)74-32-15-17-38-79-74/h3-47H,1-2H3. The first kappa shape index (κ1) is 49.0. The van der Waals surface area contributed by atoms with Gasteiger partial charge in [-0.05, 0) is 137 Å². The molecular formula is C78H51N7O2. The molecule has 6 heterocycles. The largest absolute Gasteiger partial charge is 0.457 e. The summed E-state index contributed by atoms with van der Waals surface area (Å²) in [5, 5.41) is 6.53. The summed E-state index contributed by atoms with van der Waals surface area (Å²) in [5.74, 6) is 4.96. The van der Waals surface area contributed by atoms with Crippen molar-refractivity contribution < 1.29 is 9.47 Å². The minimum Gasteiger partial charge on any atom is -0.457 e. The molecule has 0 aliphatic heterocycles. The number of nitrogens with zero attached hydrogens (tertiary/aromatic N) is 7. The summed E-state index contributed by atoms with van der Waals surface area (Å²) >= 11 is 0. The van der Waals surface area contributed by atoms with Crippen LogP contribution in [0.4, 0.5) is 0 Å². The fraction of sp³-hybridized carbons (Fsp3) is 0.0513. The molecule has 16 aromatic rings. The zero-order valence-corrected chi connectivity index (χ0v) is 47.4. The topological polar surface area (TPSA) is 84.8 Å². The molecule has 10 aromatic carbocycles. The Labute approximate surface area is 500 Å². The Bertz CT molecular complexity index is 5100. The monoisotopic (exact) mass is 1120 g/mol. The number of pyridine rings is 2. The highest BCUT2D eigenvalue weighted by Gasteiger charge is 2.45. The van der Waals surface area contributed by atoms with Gasteiger partial charge in [0, 0.05) is 103 Å². The van der Waals surface area contributed by atoms with E-state index in [2.05, 4.69) is 246 Å². The number of ether oxygens (including phenoxy) is 2. The fourth-order valence-electron chi connectivity index (χ4n) is 14.9. The van der Waals surface area contributed by atoms with Crippen LogP contribution < -0.4 is 9.47 Å². The Morgan fingerprint density at radius 3 is 1.05 bits per heavy atom.